The monoisotopic (exact) mass is 233 g/mol. The number of aliphatic carboxylic acids is 1. The first kappa shape index (κ1) is 15.0. The fourth-order valence-corrected chi connectivity index (χ4v) is 1.17. The van der Waals surface area contributed by atoms with Crippen LogP contribution in [0.5, 0.6) is 5.75 Å². The van der Waals surface area contributed by atoms with Gasteiger partial charge < -0.3 is 17.0 Å². The fraction of sp³-hybridized carbons (Fsp3) is 0.200. The van der Waals surface area contributed by atoms with Gasteiger partial charge in [-0.2, -0.15) is 0 Å². The van der Waals surface area contributed by atoms with E-state index in [1.807, 2.05) is 0 Å². The van der Waals surface area contributed by atoms with Crippen molar-refractivity contribution in [3.8, 4) is 5.75 Å². The molecule has 0 aromatic heterocycles. The average molecular weight is 233 g/mol. The summed E-state index contributed by atoms with van der Waals surface area (Å²) in [5.74, 6) is -0.968. The summed E-state index contributed by atoms with van der Waals surface area (Å²) in [6, 6.07) is 5.21. The quantitative estimate of drug-likeness (QED) is 0.380. The first-order chi connectivity index (χ1) is 7.13. The Balaban J connectivity index is 0. The van der Waals surface area contributed by atoms with Gasteiger partial charge in [-0.05, 0) is 17.7 Å². The standard InChI is InChI=1S/C10H11NO4.Na.H/c12-6-11-9(10(14)15)5-7-1-3-8(13)4-2-7;;/h1-4,6,9,13H,5H2,(H,11,12)(H,14,15);;/q;+1;-1/t9-;;/m0../s1. The van der Waals surface area contributed by atoms with Crippen molar-refractivity contribution in [3.05, 3.63) is 29.8 Å². The van der Waals surface area contributed by atoms with Crippen LogP contribution in [0.25, 0.3) is 0 Å². The molecule has 1 atom stereocenters. The molecule has 0 radical (unpaired) electrons. The Bertz CT molecular complexity index is 358. The maximum Gasteiger partial charge on any atom is 1.00 e. The van der Waals surface area contributed by atoms with Crippen LogP contribution >= 0.6 is 0 Å². The summed E-state index contributed by atoms with van der Waals surface area (Å²) in [6.45, 7) is 0. The molecule has 5 nitrogen and oxygen atoms in total. The third-order valence-corrected chi connectivity index (χ3v) is 1.94. The maximum atomic E-state index is 10.7. The zero-order chi connectivity index (χ0) is 11.3. The van der Waals surface area contributed by atoms with Crippen LogP contribution in [-0.2, 0) is 16.0 Å². The van der Waals surface area contributed by atoms with Gasteiger partial charge >= 0.3 is 35.5 Å². The van der Waals surface area contributed by atoms with Gasteiger partial charge in [0.1, 0.15) is 11.8 Å². The molecule has 0 aliphatic carbocycles. The number of carbonyl (C=O) groups is 2. The third-order valence-electron chi connectivity index (χ3n) is 1.94. The van der Waals surface area contributed by atoms with Gasteiger partial charge in [0.05, 0.1) is 0 Å². The molecular weight excluding hydrogens is 221 g/mol. The minimum Gasteiger partial charge on any atom is -1.00 e. The number of carboxylic acids is 1. The first-order valence-corrected chi connectivity index (χ1v) is 4.34. The molecule has 1 amide bonds. The second-order valence-electron chi connectivity index (χ2n) is 3.05. The number of carboxylic acid groups (broad SMARTS) is 1. The van der Waals surface area contributed by atoms with Crippen molar-refractivity contribution in [1.29, 1.82) is 0 Å². The molecule has 0 aliphatic rings. The Kier molecular flexibility index (Phi) is 6.80. The van der Waals surface area contributed by atoms with Crippen molar-refractivity contribution in [2.75, 3.05) is 0 Å². The number of hydrogen-bond donors (Lipinski definition) is 3. The molecule has 1 rings (SSSR count). The Morgan fingerprint density at radius 2 is 2.00 bits per heavy atom. The molecule has 0 saturated heterocycles. The molecule has 3 N–H and O–H groups in total. The van der Waals surface area contributed by atoms with E-state index in [2.05, 4.69) is 5.32 Å². The van der Waals surface area contributed by atoms with Crippen molar-refractivity contribution in [2.45, 2.75) is 12.5 Å². The van der Waals surface area contributed by atoms with Gasteiger partial charge in [0.15, 0.2) is 0 Å². The Morgan fingerprint density at radius 1 is 1.44 bits per heavy atom. The zero-order valence-corrected chi connectivity index (χ0v) is 10.9. The number of nitrogens with one attached hydrogen (secondary N) is 1. The second kappa shape index (κ2) is 7.27. The van der Waals surface area contributed by atoms with Crippen LogP contribution in [-0.4, -0.2) is 28.6 Å². The first-order valence-electron chi connectivity index (χ1n) is 4.34. The van der Waals surface area contributed by atoms with Gasteiger partial charge in [-0.3, -0.25) is 4.79 Å². The van der Waals surface area contributed by atoms with E-state index in [0.717, 1.165) is 5.56 Å². The number of phenolic OH excluding ortho intramolecular Hbond substituents is 1. The number of rotatable bonds is 5. The largest absolute Gasteiger partial charge is 1.00 e. The molecule has 0 fully saturated rings. The fourth-order valence-electron chi connectivity index (χ4n) is 1.17. The molecular formula is C10H12NNaO4. The van der Waals surface area contributed by atoms with Gasteiger partial charge in [0, 0.05) is 6.42 Å². The molecule has 82 valence electrons. The number of aromatic hydroxyl groups is 1. The molecule has 1 aromatic rings. The molecule has 0 aliphatic heterocycles. The SMILES string of the molecule is O=CN[C@@H](Cc1ccc(O)cc1)C(=O)O.[H-].[Na+]. The molecule has 6 heteroatoms. The minimum atomic E-state index is -1.09. The van der Waals surface area contributed by atoms with E-state index in [0.29, 0.717) is 6.41 Å². The Labute approximate surface area is 116 Å². The van der Waals surface area contributed by atoms with E-state index in [1.165, 1.54) is 12.1 Å². The van der Waals surface area contributed by atoms with Crippen LogP contribution in [0.1, 0.15) is 6.99 Å². The minimum absolute atomic E-state index is 0. The second-order valence-corrected chi connectivity index (χ2v) is 3.05. The van der Waals surface area contributed by atoms with Crippen molar-refractivity contribution >= 4 is 12.4 Å². The average Bonchev–Trinajstić information content (AvgIpc) is 2.20. The summed E-state index contributed by atoms with van der Waals surface area (Å²) in [5, 5.41) is 20.0. The van der Waals surface area contributed by atoms with E-state index < -0.39 is 12.0 Å². The van der Waals surface area contributed by atoms with Crippen LogP contribution in [0.3, 0.4) is 0 Å². The topological polar surface area (TPSA) is 86.6 Å². The van der Waals surface area contributed by atoms with Gasteiger partial charge in [-0.15, -0.1) is 0 Å². The molecule has 0 spiro atoms. The van der Waals surface area contributed by atoms with Crippen LogP contribution in [0.4, 0.5) is 0 Å². The molecule has 1 aromatic carbocycles. The van der Waals surface area contributed by atoms with E-state index in [9.17, 15) is 9.59 Å². The Morgan fingerprint density at radius 3 is 2.44 bits per heavy atom. The van der Waals surface area contributed by atoms with Gasteiger partial charge in [0.2, 0.25) is 6.41 Å². The van der Waals surface area contributed by atoms with Crippen molar-refractivity contribution in [1.82, 2.24) is 5.32 Å². The summed E-state index contributed by atoms with van der Waals surface area (Å²) in [6.07, 6.45) is 0.549. The van der Waals surface area contributed by atoms with Crippen LogP contribution in [0.15, 0.2) is 24.3 Å². The number of carbonyl (C=O) groups excluding carboxylic acids is 1. The summed E-state index contributed by atoms with van der Waals surface area (Å²) < 4.78 is 0. The number of phenols is 1. The van der Waals surface area contributed by atoms with E-state index in [-0.39, 0.29) is 43.2 Å². The van der Waals surface area contributed by atoms with E-state index in [4.69, 9.17) is 10.2 Å². The molecule has 16 heavy (non-hydrogen) atoms. The van der Waals surface area contributed by atoms with Crippen LogP contribution < -0.4 is 34.9 Å². The summed E-state index contributed by atoms with van der Waals surface area (Å²) in [7, 11) is 0. The van der Waals surface area contributed by atoms with Gasteiger partial charge in [0.25, 0.3) is 0 Å². The predicted molar refractivity (Wildman–Crippen MR) is 53.5 cm³/mol. The molecule has 0 saturated carbocycles. The third kappa shape index (κ3) is 4.65. The van der Waals surface area contributed by atoms with Gasteiger partial charge in [-0.1, -0.05) is 12.1 Å². The van der Waals surface area contributed by atoms with Crippen molar-refractivity contribution in [3.63, 3.8) is 0 Å². The van der Waals surface area contributed by atoms with Crippen LogP contribution in [0.2, 0.25) is 0 Å². The smallest absolute Gasteiger partial charge is 1.00 e. The number of hydrogen-bond acceptors (Lipinski definition) is 3. The normalized spacial score (nSPS) is 11.0. The molecule has 0 heterocycles. The predicted octanol–water partition coefficient (Wildman–Crippen LogP) is -2.75. The molecule has 0 bridgehead atoms. The zero-order valence-electron chi connectivity index (χ0n) is 9.88. The Hall–Kier alpha value is -1.04. The molecule has 0 unspecified atom stereocenters. The van der Waals surface area contributed by atoms with E-state index in [1.54, 1.807) is 12.1 Å². The summed E-state index contributed by atoms with van der Waals surface area (Å²) in [4.78, 5) is 20.8. The summed E-state index contributed by atoms with van der Waals surface area (Å²) >= 11 is 0. The number of benzene rings is 1. The maximum absolute atomic E-state index is 10.7. The van der Waals surface area contributed by atoms with E-state index >= 15 is 0 Å². The van der Waals surface area contributed by atoms with Crippen LogP contribution in [0, 0.1) is 0 Å². The van der Waals surface area contributed by atoms with Gasteiger partial charge in [-0.25, -0.2) is 4.79 Å². The van der Waals surface area contributed by atoms with Crippen molar-refractivity contribution < 1.29 is 50.8 Å². The number of amides is 1. The van der Waals surface area contributed by atoms with Crippen molar-refractivity contribution in [2.24, 2.45) is 0 Å². The summed E-state index contributed by atoms with van der Waals surface area (Å²) in [5.41, 5.74) is 0.731.